The first kappa shape index (κ1) is 16.2. The van der Waals surface area contributed by atoms with Crippen molar-refractivity contribution in [2.24, 2.45) is 0 Å². The van der Waals surface area contributed by atoms with E-state index in [-0.39, 0.29) is 0 Å². The maximum absolute atomic E-state index is 5.43. The SMILES string of the molecule is CC1Cc2ccccc2-c2c1n(CCCC1CO1)c1ccc3ccc#cc3c21. The van der Waals surface area contributed by atoms with Gasteiger partial charge in [-0.3, -0.25) is 0 Å². The van der Waals surface area contributed by atoms with Gasteiger partial charge in [0.05, 0.1) is 18.2 Å². The van der Waals surface area contributed by atoms with E-state index in [4.69, 9.17) is 4.74 Å². The summed E-state index contributed by atoms with van der Waals surface area (Å²) in [5.74, 6) is 0.511. The lowest BCUT2D eigenvalue weighted by Gasteiger charge is -2.25. The van der Waals surface area contributed by atoms with Crippen LogP contribution >= 0.6 is 0 Å². The van der Waals surface area contributed by atoms with Crippen LogP contribution in [0.2, 0.25) is 0 Å². The zero-order valence-electron chi connectivity index (χ0n) is 16.2. The molecule has 6 rings (SSSR count). The largest absolute Gasteiger partial charge is 0.373 e. The molecule has 0 radical (unpaired) electrons. The van der Waals surface area contributed by atoms with Crippen molar-refractivity contribution in [1.29, 1.82) is 0 Å². The molecule has 4 aromatic rings. The van der Waals surface area contributed by atoms with Gasteiger partial charge in [-0.15, -0.1) is 0 Å². The number of fused-ring (bicyclic) bond motifs is 7. The topological polar surface area (TPSA) is 17.5 Å². The van der Waals surface area contributed by atoms with Crippen LogP contribution in [0, 0.1) is 12.1 Å². The van der Waals surface area contributed by atoms with E-state index >= 15 is 0 Å². The summed E-state index contributed by atoms with van der Waals surface area (Å²) in [7, 11) is 0. The first-order valence-corrected chi connectivity index (χ1v) is 10.4. The quantitative estimate of drug-likeness (QED) is 0.412. The molecule has 1 aliphatic heterocycles. The first-order valence-electron chi connectivity index (χ1n) is 10.4. The molecule has 28 heavy (non-hydrogen) atoms. The van der Waals surface area contributed by atoms with Crippen LogP contribution in [0.1, 0.15) is 36.9 Å². The molecule has 2 nitrogen and oxygen atoms in total. The van der Waals surface area contributed by atoms with Gasteiger partial charge in [0.2, 0.25) is 0 Å². The molecule has 0 saturated carbocycles. The zero-order valence-corrected chi connectivity index (χ0v) is 16.2. The lowest BCUT2D eigenvalue weighted by Crippen LogP contribution is -2.13. The third-order valence-corrected chi connectivity index (χ3v) is 6.44. The highest BCUT2D eigenvalue weighted by atomic mass is 16.6. The monoisotopic (exact) mass is 365 g/mol. The summed E-state index contributed by atoms with van der Waals surface area (Å²) >= 11 is 0. The van der Waals surface area contributed by atoms with Gasteiger partial charge in [0.1, 0.15) is 0 Å². The van der Waals surface area contributed by atoms with Gasteiger partial charge in [0.15, 0.2) is 0 Å². The van der Waals surface area contributed by atoms with E-state index in [1.807, 2.05) is 6.07 Å². The van der Waals surface area contributed by atoms with Crippen LogP contribution in [-0.2, 0) is 17.7 Å². The van der Waals surface area contributed by atoms with Gasteiger partial charge < -0.3 is 9.30 Å². The van der Waals surface area contributed by atoms with Gasteiger partial charge >= 0.3 is 0 Å². The summed E-state index contributed by atoms with van der Waals surface area (Å²) in [6.07, 6.45) is 3.93. The fourth-order valence-electron chi connectivity index (χ4n) is 5.10. The van der Waals surface area contributed by atoms with Gasteiger partial charge in [-0.2, -0.15) is 0 Å². The highest BCUT2D eigenvalue weighted by Crippen LogP contribution is 2.47. The van der Waals surface area contributed by atoms with Gasteiger partial charge in [-0.25, -0.2) is 0 Å². The van der Waals surface area contributed by atoms with Crippen molar-refractivity contribution in [3.8, 4) is 11.1 Å². The number of aromatic nitrogens is 1. The minimum absolute atomic E-state index is 0.500. The Hall–Kier alpha value is -2.76. The van der Waals surface area contributed by atoms with Gasteiger partial charge in [0, 0.05) is 34.5 Å². The lowest BCUT2D eigenvalue weighted by atomic mass is 9.82. The highest BCUT2D eigenvalue weighted by Gasteiger charge is 2.30. The van der Waals surface area contributed by atoms with E-state index in [1.165, 1.54) is 44.1 Å². The molecule has 0 amide bonds. The second-order valence-electron chi connectivity index (χ2n) is 8.30. The summed E-state index contributed by atoms with van der Waals surface area (Å²) in [4.78, 5) is 0. The molecule has 1 aromatic heterocycles. The van der Waals surface area contributed by atoms with E-state index < -0.39 is 0 Å². The number of rotatable bonds is 4. The van der Waals surface area contributed by atoms with Crippen LogP contribution in [0.4, 0.5) is 0 Å². The normalized spacial score (nSPS) is 20.0. The molecule has 1 aliphatic carbocycles. The Bertz CT molecular complexity index is 1200. The molecule has 138 valence electrons. The van der Waals surface area contributed by atoms with E-state index in [9.17, 15) is 0 Å². The van der Waals surface area contributed by atoms with E-state index in [2.05, 4.69) is 66.1 Å². The molecule has 2 atom stereocenters. The van der Waals surface area contributed by atoms with Crippen LogP contribution in [0.25, 0.3) is 32.8 Å². The third-order valence-electron chi connectivity index (χ3n) is 6.44. The standard InChI is InChI=1S/C26H23NO/c1-17-15-19-8-3-5-11-22(19)25-24-21-10-4-2-7-18(21)12-13-23(24)27(26(17)25)14-6-9-20-16-28-20/h2-3,5,7-8,11-13,17,20H,6,9,14-16H2,1H3. The Kier molecular flexibility index (Phi) is 3.55. The van der Waals surface area contributed by atoms with Crippen molar-refractivity contribution in [2.45, 2.75) is 44.8 Å². The molecule has 2 heterocycles. The molecule has 0 bridgehead atoms. The number of aryl methyl sites for hydroxylation is 1. The smallest absolute Gasteiger partial charge is 0.0810 e. The van der Waals surface area contributed by atoms with E-state index in [1.54, 1.807) is 0 Å². The first-order chi connectivity index (χ1) is 13.8. The Morgan fingerprint density at radius 3 is 2.93 bits per heavy atom. The summed E-state index contributed by atoms with van der Waals surface area (Å²) in [6.45, 7) is 4.39. The molecule has 1 saturated heterocycles. The molecular formula is C26H23NO. The van der Waals surface area contributed by atoms with Crippen LogP contribution in [0.3, 0.4) is 0 Å². The highest BCUT2D eigenvalue weighted by molar-refractivity contribution is 6.15. The predicted octanol–water partition coefficient (Wildman–Crippen LogP) is 5.90. The number of hydrogen-bond acceptors (Lipinski definition) is 1. The fourth-order valence-corrected chi connectivity index (χ4v) is 5.10. The van der Waals surface area contributed by atoms with Crippen LogP contribution in [-0.4, -0.2) is 17.3 Å². The molecule has 1 fully saturated rings. The van der Waals surface area contributed by atoms with Gasteiger partial charge in [-0.05, 0) is 54.0 Å². The summed E-state index contributed by atoms with van der Waals surface area (Å²) in [5.41, 5.74) is 7.12. The van der Waals surface area contributed by atoms with Crippen molar-refractivity contribution in [3.05, 3.63) is 71.9 Å². The number of hydrogen-bond donors (Lipinski definition) is 0. The minimum atomic E-state index is 0.500. The number of nitrogens with zero attached hydrogens (tertiary/aromatic N) is 1. The second kappa shape index (κ2) is 6.12. The van der Waals surface area contributed by atoms with Crippen LogP contribution in [0.5, 0.6) is 0 Å². The fraction of sp³-hybridized carbons (Fsp3) is 0.308. The minimum Gasteiger partial charge on any atom is -0.373 e. The van der Waals surface area contributed by atoms with E-state index in [0.717, 1.165) is 32.4 Å². The maximum atomic E-state index is 5.43. The average Bonchev–Trinajstić information content (AvgIpc) is 3.48. The molecule has 3 aromatic carbocycles. The number of ether oxygens (including phenoxy) is 1. The average molecular weight is 365 g/mol. The van der Waals surface area contributed by atoms with Crippen LogP contribution in [0.15, 0.2) is 48.5 Å². The Balaban J connectivity index is 1.65. The van der Waals surface area contributed by atoms with Crippen molar-refractivity contribution >= 4 is 21.7 Å². The van der Waals surface area contributed by atoms with Crippen molar-refractivity contribution in [2.75, 3.05) is 6.61 Å². The molecular weight excluding hydrogens is 342 g/mol. The van der Waals surface area contributed by atoms with Gasteiger partial charge in [-0.1, -0.05) is 49.4 Å². The molecule has 0 spiro atoms. The maximum Gasteiger partial charge on any atom is 0.0810 e. The lowest BCUT2D eigenvalue weighted by molar-refractivity contribution is 0.386. The Labute approximate surface area is 165 Å². The Morgan fingerprint density at radius 1 is 1.14 bits per heavy atom. The van der Waals surface area contributed by atoms with Crippen molar-refractivity contribution in [1.82, 2.24) is 4.57 Å². The zero-order chi connectivity index (χ0) is 18.7. The van der Waals surface area contributed by atoms with Gasteiger partial charge in [0.25, 0.3) is 0 Å². The number of benzene rings is 2. The Morgan fingerprint density at radius 2 is 2.04 bits per heavy atom. The number of epoxide rings is 1. The molecule has 2 aliphatic rings. The molecule has 2 heteroatoms. The van der Waals surface area contributed by atoms with Crippen molar-refractivity contribution < 1.29 is 4.74 Å². The second-order valence-corrected chi connectivity index (χ2v) is 8.30. The third kappa shape index (κ3) is 2.40. The summed E-state index contributed by atoms with van der Waals surface area (Å²) < 4.78 is 8.03. The molecule has 2 unspecified atom stereocenters. The summed E-state index contributed by atoms with van der Waals surface area (Å²) in [5, 5.41) is 3.80. The predicted molar refractivity (Wildman–Crippen MR) is 114 cm³/mol. The summed E-state index contributed by atoms with van der Waals surface area (Å²) in [6, 6.07) is 24.2. The van der Waals surface area contributed by atoms with Crippen LogP contribution < -0.4 is 0 Å². The molecule has 0 N–H and O–H groups in total. The van der Waals surface area contributed by atoms with E-state index in [0.29, 0.717) is 12.0 Å². The van der Waals surface area contributed by atoms with Crippen molar-refractivity contribution in [3.63, 3.8) is 0 Å².